The molecule has 0 aliphatic heterocycles. The van der Waals surface area contributed by atoms with Crippen molar-refractivity contribution in [3.8, 4) is 17.1 Å². The van der Waals surface area contributed by atoms with Gasteiger partial charge in [-0.05, 0) is 30.3 Å². The zero-order valence-electron chi connectivity index (χ0n) is 11.1. The summed E-state index contributed by atoms with van der Waals surface area (Å²) in [4.78, 5) is 4.20. The maximum atomic E-state index is 12.9. The molecule has 0 bridgehead atoms. The first-order valence-corrected chi connectivity index (χ1v) is 7.04. The normalized spacial score (nSPS) is 10.7. The van der Waals surface area contributed by atoms with Gasteiger partial charge in [-0.1, -0.05) is 40.5 Å². The number of hydrogen-bond donors (Lipinski definition) is 0. The molecule has 0 spiro atoms. The van der Waals surface area contributed by atoms with Crippen molar-refractivity contribution in [2.75, 3.05) is 0 Å². The molecule has 0 atom stereocenters. The summed E-state index contributed by atoms with van der Waals surface area (Å²) in [6.07, 6.45) is 0. The molecule has 0 aliphatic carbocycles. The average molecular weight is 339 g/mol. The number of benzene rings is 2. The van der Waals surface area contributed by atoms with E-state index in [4.69, 9.17) is 32.5 Å². The molecule has 22 heavy (non-hydrogen) atoms. The molecule has 4 nitrogen and oxygen atoms in total. The predicted octanol–water partition coefficient (Wildman–Crippen LogP) is 4.76. The lowest BCUT2D eigenvalue weighted by molar-refractivity contribution is 0.243. The molecule has 0 amide bonds. The number of aromatic nitrogens is 2. The predicted molar refractivity (Wildman–Crippen MR) is 80.5 cm³/mol. The van der Waals surface area contributed by atoms with Crippen molar-refractivity contribution in [2.45, 2.75) is 6.61 Å². The number of ether oxygens (including phenoxy) is 1. The van der Waals surface area contributed by atoms with Crippen LogP contribution in [0.15, 0.2) is 47.0 Å². The van der Waals surface area contributed by atoms with Crippen LogP contribution in [0.5, 0.6) is 5.75 Å². The zero-order valence-corrected chi connectivity index (χ0v) is 12.6. The topological polar surface area (TPSA) is 48.2 Å². The fourth-order valence-electron chi connectivity index (χ4n) is 1.80. The fourth-order valence-corrected chi connectivity index (χ4v) is 2.24. The van der Waals surface area contributed by atoms with Crippen molar-refractivity contribution in [3.05, 3.63) is 64.2 Å². The molecule has 2 aromatic carbocycles. The van der Waals surface area contributed by atoms with E-state index < -0.39 is 5.82 Å². The van der Waals surface area contributed by atoms with Crippen molar-refractivity contribution >= 4 is 23.2 Å². The van der Waals surface area contributed by atoms with Gasteiger partial charge < -0.3 is 9.26 Å². The Morgan fingerprint density at radius 3 is 2.68 bits per heavy atom. The lowest BCUT2D eigenvalue weighted by Gasteiger charge is -2.04. The molecule has 0 radical (unpaired) electrons. The van der Waals surface area contributed by atoms with Gasteiger partial charge in [0.15, 0.2) is 6.61 Å². The lowest BCUT2D eigenvalue weighted by Crippen LogP contribution is -1.96. The highest BCUT2D eigenvalue weighted by Crippen LogP contribution is 2.27. The van der Waals surface area contributed by atoms with E-state index in [1.807, 2.05) is 12.1 Å². The maximum Gasteiger partial charge on any atom is 0.264 e. The maximum absolute atomic E-state index is 12.9. The molecular weight excluding hydrogens is 330 g/mol. The Bertz CT molecular complexity index is 808. The van der Waals surface area contributed by atoms with Crippen LogP contribution in [0.2, 0.25) is 10.0 Å². The van der Waals surface area contributed by atoms with Gasteiger partial charge in [-0.3, -0.25) is 0 Å². The van der Waals surface area contributed by atoms with Crippen molar-refractivity contribution in [2.24, 2.45) is 0 Å². The SMILES string of the molecule is Fc1ccc(OCc2nc(-c3ccccc3Cl)no2)c(Cl)c1. The highest BCUT2D eigenvalue weighted by atomic mass is 35.5. The van der Waals surface area contributed by atoms with Gasteiger partial charge in [0.2, 0.25) is 5.82 Å². The van der Waals surface area contributed by atoms with Gasteiger partial charge in [-0.2, -0.15) is 4.98 Å². The Balaban J connectivity index is 1.74. The summed E-state index contributed by atoms with van der Waals surface area (Å²) >= 11 is 11.9. The summed E-state index contributed by atoms with van der Waals surface area (Å²) in [6, 6.07) is 11.0. The van der Waals surface area contributed by atoms with Crippen LogP contribution in [-0.2, 0) is 6.61 Å². The minimum Gasteiger partial charge on any atom is -0.482 e. The van der Waals surface area contributed by atoms with Crippen LogP contribution in [0.1, 0.15) is 5.89 Å². The van der Waals surface area contributed by atoms with Crippen molar-refractivity contribution in [1.29, 1.82) is 0 Å². The number of hydrogen-bond acceptors (Lipinski definition) is 4. The molecule has 0 N–H and O–H groups in total. The third-order valence-electron chi connectivity index (χ3n) is 2.83. The van der Waals surface area contributed by atoms with Crippen LogP contribution in [0.3, 0.4) is 0 Å². The smallest absolute Gasteiger partial charge is 0.264 e. The van der Waals surface area contributed by atoms with Crippen LogP contribution in [0.4, 0.5) is 4.39 Å². The second kappa shape index (κ2) is 6.34. The number of halogens is 3. The van der Waals surface area contributed by atoms with E-state index in [-0.39, 0.29) is 17.5 Å². The number of rotatable bonds is 4. The standard InChI is InChI=1S/C15H9Cl2FN2O2/c16-11-4-2-1-3-10(11)15-19-14(22-20-15)8-21-13-6-5-9(18)7-12(13)17/h1-7H,8H2. The molecule has 1 aromatic heterocycles. The van der Waals surface area contributed by atoms with Crippen LogP contribution in [0, 0.1) is 5.82 Å². The van der Waals surface area contributed by atoms with Gasteiger partial charge in [0.05, 0.1) is 10.0 Å². The van der Waals surface area contributed by atoms with Crippen LogP contribution in [-0.4, -0.2) is 10.1 Å². The summed E-state index contributed by atoms with van der Waals surface area (Å²) in [5, 5.41) is 4.55. The molecule has 3 aromatic rings. The summed E-state index contributed by atoms with van der Waals surface area (Å²) in [6.45, 7) is 0.0167. The van der Waals surface area contributed by atoms with Crippen molar-refractivity contribution in [1.82, 2.24) is 10.1 Å². The molecule has 0 saturated carbocycles. The fraction of sp³-hybridized carbons (Fsp3) is 0.0667. The summed E-state index contributed by atoms with van der Waals surface area (Å²) in [5.74, 6) is 0.529. The largest absolute Gasteiger partial charge is 0.482 e. The molecule has 112 valence electrons. The Kier molecular flexibility index (Phi) is 4.27. The first kappa shape index (κ1) is 14.8. The summed E-state index contributed by atoms with van der Waals surface area (Å²) in [5.41, 5.74) is 0.666. The van der Waals surface area contributed by atoms with Gasteiger partial charge >= 0.3 is 0 Å². The minimum atomic E-state index is -0.434. The quantitative estimate of drug-likeness (QED) is 0.687. The van der Waals surface area contributed by atoms with E-state index in [0.29, 0.717) is 22.2 Å². The minimum absolute atomic E-state index is 0.0167. The second-order valence-electron chi connectivity index (χ2n) is 4.35. The van der Waals surface area contributed by atoms with Crippen molar-refractivity contribution < 1.29 is 13.7 Å². The van der Waals surface area contributed by atoms with Crippen LogP contribution >= 0.6 is 23.2 Å². The van der Waals surface area contributed by atoms with E-state index in [9.17, 15) is 4.39 Å². The highest BCUT2D eigenvalue weighted by Gasteiger charge is 2.12. The monoisotopic (exact) mass is 338 g/mol. The Morgan fingerprint density at radius 2 is 1.91 bits per heavy atom. The summed E-state index contributed by atoms with van der Waals surface area (Å²) < 4.78 is 23.5. The lowest BCUT2D eigenvalue weighted by atomic mass is 10.2. The Hall–Kier alpha value is -2.11. The first-order chi connectivity index (χ1) is 10.6. The van der Waals surface area contributed by atoms with E-state index in [1.165, 1.54) is 18.2 Å². The van der Waals surface area contributed by atoms with Gasteiger partial charge in [0.25, 0.3) is 5.89 Å². The molecule has 0 fully saturated rings. The van der Waals surface area contributed by atoms with E-state index >= 15 is 0 Å². The average Bonchev–Trinajstić information content (AvgIpc) is 2.95. The van der Waals surface area contributed by atoms with Crippen LogP contribution in [0.25, 0.3) is 11.4 Å². The number of nitrogens with zero attached hydrogens (tertiary/aromatic N) is 2. The zero-order chi connectivity index (χ0) is 15.5. The van der Waals surface area contributed by atoms with E-state index in [2.05, 4.69) is 10.1 Å². The highest BCUT2D eigenvalue weighted by molar-refractivity contribution is 6.33. The second-order valence-corrected chi connectivity index (χ2v) is 5.17. The first-order valence-electron chi connectivity index (χ1n) is 6.29. The third kappa shape index (κ3) is 3.21. The van der Waals surface area contributed by atoms with Gasteiger partial charge in [-0.15, -0.1) is 0 Å². The molecule has 0 saturated heterocycles. The van der Waals surface area contributed by atoms with Gasteiger partial charge in [0, 0.05) is 5.56 Å². The molecular formula is C15H9Cl2FN2O2. The molecule has 7 heteroatoms. The van der Waals surface area contributed by atoms with Gasteiger partial charge in [0.1, 0.15) is 11.6 Å². The molecule has 0 unspecified atom stereocenters. The Morgan fingerprint density at radius 1 is 1.09 bits per heavy atom. The Labute approximate surface area is 135 Å². The molecule has 1 heterocycles. The van der Waals surface area contributed by atoms with Crippen LogP contribution < -0.4 is 4.74 Å². The van der Waals surface area contributed by atoms with E-state index in [0.717, 1.165) is 0 Å². The third-order valence-corrected chi connectivity index (χ3v) is 3.45. The van der Waals surface area contributed by atoms with Crippen molar-refractivity contribution in [3.63, 3.8) is 0 Å². The van der Waals surface area contributed by atoms with E-state index in [1.54, 1.807) is 12.1 Å². The molecule has 0 aliphatic rings. The molecule has 3 rings (SSSR count). The summed E-state index contributed by atoms with van der Waals surface area (Å²) in [7, 11) is 0. The van der Waals surface area contributed by atoms with Gasteiger partial charge in [-0.25, -0.2) is 4.39 Å².